The minimum Gasteiger partial charge on any atom is -0.464 e. The Bertz CT molecular complexity index is 350. The molecule has 17 heavy (non-hydrogen) atoms. The van der Waals surface area contributed by atoms with Gasteiger partial charge in [0.15, 0.2) is 0 Å². The van der Waals surface area contributed by atoms with E-state index in [1.807, 2.05) is 32.6 Å². The number of likely N-dealkylation sites (tertiary alicyclic amines) is 1. The van der Waals surface area contributed by atoms with E-state index in [0.717, 1.165) is 0 Å². The first-order chi connectivity index (χ1) is 7.62. The Kier molecular flexibility index (Phi) is 3.37. The zero-order valence-corrected chi connectivity index (χ0v) is 11.4. The molecule has 1 N–H and O–H groups in total. The molecule has 0 atom stereocenters. The summed E-state index contributed by atoms with van der Waals surface area (Å²) in [5.41, 5.74) is 0.512. The van der Waals surface area contributed by atoms with E-state index in [-0.39, 0.29) is 11.1 Å². The molecule has 1 aliphatic heterocycles. The number of ether oxygens (including phenoxy) is 1. The molecular formula is C13H22N2O2. The van der Waals surface area contributed by atoms with Crippen molar-refractivity contribution >= 4 is 11.7 Å². The molecule has 0 amide bonds. The molecule has 1 rings (SSSR count). The summed E-state index contributed by atoms with van der Waals surface area (Å²) in [7, 11) is 1.36. The number of hydrogen-bond donors (Lipinski definition) is 1. The van der Waals surface area contributed by atoms with Crippen molar-refractivity contribution in [3.8, 4) is 0 Å². The van der Waals surface area contributed by atoms with E-state index in [1.165, 1.54) is 7.11 Å². The molecular weight excluding hydrogens is 216 g/mol. The first kappa shape index (κ1) is 13.7. The second-order valence-electron chi connectivity index (χ2n) is 5.86. The van der Waals surface area contributed by atoms with Crippen LogP contribution in [-0.4, -0.2) is 34.8 Å². The lowest BCUT2D eigenvalue weighted by molar-refractivity contribution is -0.140. The second kappa shape index (κ2) is 4.17. The zero-order valence-electron chi connectivity index (χ0n) is 11.4. The van der Waals surface area contributed by atoms with E-state index in [2.05, 4.69) is 6.58 Å². The van der Waals surface area contributed by atoms with Crippen LogP contribution >= 0.6 is 0 Å². The zero-order chi connectivity index (χ0) is 13.4. The van der Waals surface area contributed by atoms with Crippen LogP contribution in [0.4, 0.5) is 0 Å². The lowest BCUT2D eigenvalue weighted by atomic mass is 9.78. The standard InChI is InChI=1S/C13H22N2O2/c1-9(11(16)17-6)15-12(2,3)7-10(14)8-13(15,4)5/h14H,1,7-8H2,2-6H3. The van der Waals surface area contributed by atoms with Gasteiger partial charge in [0.05, 0.1) is 7.11 Å². The van der Waals surface area contributed by atoms with Gasteiger partial charge in [0.25, 0.3) is 0 Å². The molecule has 0 aromatic rings. The Morgan fingerprint density at radius 1 is 1.29 bits per heavy atom. The fourth-order valence-electron chi connectivity index (χ4n) is 3.02. The van der Waals surface area contributed by atoms with Crippen LogP contribution in [0.1, 0.15) is 40.5 Å². The Morgan fingerprint density at radius 3 is 2.06 bits per heavy atom. The topological polar surface area (TPSA) is 53.4 Å². The average Bonchev–Trinajstić information content (AvgIpc) is 2.11. The number of carbonyl (C=O) groups is 1. The molecule has 0 aromatic carbocycles. The normalized spacial score (nSPS) is 22.2. The van der Waals surface area contributed by atoms with Crippen molar-refractivity contribution in [3.05, 3.63) is 12.3 Å². The third kappa shape index (κ3) is 2.51. The highest BCUT2D eigenvalue weighted by Crippen LogP contribution is 2.39. The van der Waals surface area contributed by atoms with Gasteiger partial charge in [-0.15, -0.1) is 0 Å². The second-order valence-corrected chi connectivity index (χ2v) is 5.86. The molecule has 0 aliphatic carbocycles. The van der Waals surface area contributed by atoms with Crippen LogP contribution in [0, 0.1) is 5.41 Å². The number of rotatable bonds is 2. The highest BCUT2D eigenvalue weighted by Gasteiger charge is 2.45. The first-order valence-electron chi connectivity index (χ1n) is 5.76. The molecule has 0 bridgehead atoms. The lowest BCUT2D eigenvalue weighted by Gasteiger charge is -2.54. The number of methoxy groups -OCH3 is 1. The van der Waals surface area contributed by atoms with Crippen LogP contribution < -0.4 is 0 Å². The van der Waals surface area contributed by atoms with Gasteiger partial charge in [-0.25, -0.2) is 4.79 Å². The molecule has 0 aromatic heterocycles. The summed E-state index contributed by atoms with van der Waals surface area (Å²) in [4.78, 5) is 13.6. The summed E-state index contributed by atoms with van der Waals surface area (Å²) in [6.45, 7) is 11.9. The Hall–Kier alpha value is -1.32. The number of hydrogen-bond acceptors (Lipinski definition) is 4. The Balaban J connectivity index is 3.13. The van der Waals surface area contributed by atoms with E-state index in [4.69, 9.17) is 10.1 Å². The van der Waals surface area contributed by atoms with Crippen molar-refractivity contribution in [1.29, 1.82) is 5.41 Å². The van der Waals surface area contributed by atoms with Crippen LogP contribution in [0.25, 0.3) is 0 Å². The minimum absolute atomic E-state index is 0.288. The number of piperidine rings is 1. The van der Waals surface area contributed by atoms with E-state index >= 15 is 0 Å². The van der Waals surface area contributed by atoms with Crippen LogP contribution in [0.2, 0.25) is 0 Å². The molecule has 1 saturated heterocycles. The highest BCUT2D eigenvalue weighted by molar-refractivity contribution is 5.89. The summed E-state index contributed by atoms with van der Waals surface area (Å²) in [6, 6.07) is 0. The van der Waals surface area contributed by atoms with Gasteiger partial charge in [-0.3, -0.25) is 0 Å². The maximum atomic E-state index is 11.7. The Labute approximate surface area is 103 Å². The monoisotopic (exact) mass is 238 g/mol. The minimum atomic E-state index is -0.403. The predicted octanol–water partition coefficient (Wildman–Crippen LogP) is 2.35. The van der Waals surface area contributed by atoms with E-state index in [1.54, 1.807) is 0 Å². The van der Waals surface area contributed by atoms with Gasteiger partial charge < -0.3 is 15.0 Å². The fraction of sp³-hybridized carbons (Fsp3) is 0.692. The number of esters is 1. The predicted molar refractivity (Wildman–Crippen MR) is 68.1 cm³/mol. The van der Waals surface area contributed by atoms with Crippen molar-refractivity contribution in [2.75, 3.05) is 7.11 Å². The molecule has 0 radical (unpaired) electrons. The molecule has 96 valence electrons. The van der Waals surface area contributed by atoms with Crippen LogP contribution in [0.5, 0.6) is 0 Å². The maximum Gasteiger partial charge on any atom is 0.353 e. The van der Waals surface area contributed by atoms with Crippen molar-refractivity contribution in [1.82, 2.24) is 4.90 Å². The molecule has 4 nitrogen and oxygen atoms in total. The van der Waals surface area contributed by atoms with Gasteiger partial charge >= 0.3 is 5.97 Å². The summed E-state index contributed by atoms with van der Waals surface area (Å²) in [6.07, 6.45) is 1.29. The highest BCUT2D eigenvalue weighted by atomic mass is 16.5. The quantitative estimate of drug-likeness (QED) is 0.593. The van der Waals surface area contributed by atoms with Gasteiger partial charge in [0.1, 0.15) is 5.70 Å². The number of nitrogens with zero attached hydrogens (tertiary/aromatic N) is 1. The van der Waals surface area contributed by atoms with Gasteiger partial charge in [-0.05, 0) is 27.7 Å². The van der Waals surface area contributed by atoms with E-state index < -0.39 is 5.97 Å². The smallest absolute Gasteiger partial charge is 0.353 e. The van der Waals surface area contributed by atoms with Gasteiger partial charge in [-0.2, -0.15) is 0 Å². The third-order valence-electron chi connectivity index (χ3n) is 3.19. The molecule has 1 aliphatic rings. The maximum absolute atomic E-state index is 11.7. The van der Waals surface area contributed by atoms with Gasteiger partial charge in [0, 0.05) is 29.6 Å². The molecule has 1 fully saturated rings. The Morgan fingerprint density at radius 2 is 1.71 bits per heavy atom. The van der Waals surface area contributed by atoms with Gasteiger partial charge in [-0.1, -0.05) is 6.58 Å². The van der Waals surface area contributed by atoms with Gasteiger partial charge in [0.2, 0.25) is 0 Å². The summed E-state index contributed by atoms with van der Waals surface area (Å²) in [5, 5.41) is 7.91. The van der Waals surface area contributed by atoms with Crippen molar-refractivity contribution in [2.24, 2.45) is 0 Å². The van der Waals surface area contributed by atoms with Crippen LogP contribution in [0.15, 0.2) is 12.3 Å². The number of nitrogens with one attached hydrogen (secondary N) is 1. The molecule has 0 saturated carbocycles. The van der Waals surface area contributed by atoms with Crippen molar-refractivity contribution in [2.45, 2.75) is 51.6 Å². The van der Waals surface area contributed by atoms with Crippen molar-refractivity contribution < 1.29 is 9.53 Å². The first-order valence-corrected chi connectivity index (χ1v) is 5.76. The lowest BCUT2D eigenvalue weighted by Crippen LogP contribution is -2.60. The molecule has 0 spiro atoms. The van der Waals surface area contributed by atoms with Crippen LogP contribution in [-0.2, 0) is 9.53 Å². The summed E-state index contributed by atoms with van der Waals surface area (Å²) < 4.78 is 4.74. The number of carbonyl (C=O) groups excluding carboxylic acids is 1. The SMILES string of the molecule is C=C(C(=O)OC)N1C(C)(C)CC(=N)CC1(C)C. The molecule has 4 heteroatoms. The van der Waals surface area contributed by atoms with Crippen LogP contribution in [0.3, 0.4) is 0 Å². The fourth-order valence-corrected chi connectivity index (χ4v) is 3.02. The van der Waals surface area contributed by atoms with E-state index in [0.29, 0.717) is 24.3 Å². The third-order valence-corrected chi connectivity index (χ3v) is 3.19. The van der Waals surface area contributed by atoms with Crippen molar-refractivity contribution in [3.63, 3.8) is 0 Å². The molecule has 1 heterocycles. The summed E-state index contributed by atoms with van der Waals surface area (Å²) >= 11 is 0. The molecule has 0 unspecified atom stereocenters. The van der Waals surface area contributed by atoms with E-state index in [9.17, 15) is 4.79 Å². The summed E-state index contributed by atoms with van der Waals surface area (Å²) in [5.74, 6) is -0.403. The largest absolute Gasteiger partial charge is 0.464 e. The average molecular weight is 238 g/mol.